The van der Waals surface area contributed by atoms with Gasteiger partial charge in [0.2, 0.25) is 0 Å². The van der Waals surface area contributed by atoms with Crippen molar-refractivity contribution < 1.29 is 36.5 Å². The van der Waals surface area contributed by atoms with Gasteiger partial charge in [0, 0.05) is 12.1 Å². The number of hydrogen-bond donors (Lipinski definition) is 0. The Morgan fingerprint density at radius 1 is 0.871 bits per heavy atom. The minimum atomic E-state index is -4.73. The molecular weight excluding hydrogens is 531 g/mol. The van der Waals surface area contributed by atoms with Gasteiger partial charge in [-0.25, -0.2) is 0 Å². The number of ether oxygens (including phenoxy) is 4. The first-order valence-electron chi connectivity index (χ1n) is 8.88. The zero-order chi connectivity index (χ0) is 22.9. The Morgan fingerprint density at radius 3 is 1.97 bits per heavy atom. The molecule has 0 unspecified atom stereocenters. The van der Waals surface area contributed by atoms with Crippen molar-refractivity contribution in [3.8, 4) is 23.0 Å². The lowest BCUT2D eigenvalue weighted by Crippen LogP contribution is -2.16. The van der Waals surface area contributed by atoms with E-state index in [1.54, 1.807) is 0 Å². The Morgan fingerprint density at radius 2 is 1.42 bits per heavy atom. The quantitative estimate of drug-likeness (QED) is 0.213. The SMILES string of the molecule is F/C(Br)=C/COc1cc(Cl)c(OCCCCOc2ccc(OC(F)(F)F)cc2)c(Cl)c1. The van der Waals surface area contributed by atoms with Gasteiger partial charge in [0.25, 0.3) is 0 Å². The summed E-state index contributed by atoms with van der Waals surface area (Å²) in [6, 6.07) is 8.16. The van der Waals surface area contributed by atoms with Gasteiger partial charge in [0.15, 0.2) is 10.5 Å². The first-order chi connectivity index (χ1) is 14.6. The molecule has 0 spiro atoms. The van der Waals surface area contributed by atoms with Crippen molar-refractivity contribution in [1.29, 1.82) is 0 Å². The van der Waals surface area contributed by atoms with Crippen LogP contribution in [0.4, 0.5) is 17.6 Å². The van der Waals surface area contributed by atoms with Crippen molar-refractivity contribution >= 4 is 39.1 Å². The molecule has 0 amide bonds. The maximum absolute atomic E-state index is 12.6. The smallest absolute Gasteiger partial charge is 0.494 e. The first-order valence-corrected chi connectivity index (χ1v) is 10.4. The highest BCUT2D eigenvalue weighted by atomic mass is 79.9. The maximum Gasteiger partial charge on any atom is 0.573 e. The van der Waals surface area contributed by atoms with Gasteiger partial charge in [-0.3, -0.25) is 0 Å². The topological polar surface area (TPSA) is 36.9 Å². The Kier molecular flexibility index (Phi) is 10.1. The van der Waals surface area contributed by atoms with Crippen LogP contribution >= 0.6 is 39.1 Å². The fourth-order valence-electron chi connectivity index (χ4n) is 2.26. The van der Waals surface area contributed by atoms with Crippen LogP contribution < -0.4 is 18.9 Å². The Balaban J connectivity index is 1.71. The summed E-state index contributed by atoms with van der Waals surface area (Å²) in [7, 11) is 0. The molecule has 2 rings (SSSR count). The average Bonchev–Trinajstić information content (AvgIpc) is 2.66. The van der Waals surface area contributed by atoms with Gasteiger partial charge in [0.1, 0.15) is 23.9 Å². The number of halogens is 7. The van der Waals surface area contributed by atoms with Crippen LogP contribution in [0, 0.1) is 0 Å². The van der Waals surface area contributed by atoms with E-state index in [0.29, 0.717) is 43.3 Å². The Hall–Kier alpha value is -1.84. The van der Waals surface area contributed by atoms with Crippen molar-refractivity contribution in [2.75, 3.05) is 19.8 Å². The van der Waals surface area contributed by atoms with Gasteiger partial charge in [-0.1, -0.05) is 23.2 Å². The second kappa shape index (κ2) is 12.3. The summed E-state index contributed by atoms with van der Waals surface area (Å²) in [6.45, 7) is 0.662. The van der Waals surface area contributed by atoms with E-state index < -0.39 is 11.1 Å². The minimum absolute atomic E-state index is 0.00201. The van der Waals surface area contributed by atoms with Gasteiger partial charge in [-0.05, 0) is 59.1 Å². The predicted octanol–water partition coefficient (Wildman–Crippen LogP) is 7.71. The molecule has 0 bridgehead atoms. The Labute approximate surface area is 194 Å². The van der Waals surface area contributed by atoms with E-state index in [4.69, 9.17) is 37.4 Å². The average molecular weight is 548 g/mol. The van der Waals surface area contributed by atoms with E-state index in [2.05, 4.69) is 20.7 Å². The third kappa shape index (κ3) is 9.88. The molecule has 11 heteroatoms. The molecule has 4 nitrogen and oxygen atoms in total. The highest BCUT2D eigenvalue weighted by Gasteiger charge is 2.30. The molecule has 0 saturated carbocycles. The molecule has 170 valence electrons. The van der Waals surface area contributed by atoms with Crippen molar-refractivity contribution in [2.45, 2.75) is 19.2 Å². The molecule has 0 atom stereocenters. The molecule has 0 saturated heterocycles. The molecule has 0 fully saturated rings. The third-order valence-corrected chi connectivity index (χ3v) is 4.46. The molecular formula is C20H17BrCl2F4O4. The standard InChI is InChI=1S/C20H17BrCl2F4O4/c21-18(24)7-10-29-15-11-16(22)19(17(23)12-15)30-9-2-1-8-28-13-3-5-14(6-4-13)31-20(25,26)27/h3-7,11-12H,1-2,8-10H2/b18-7+. The van der Waals surface area contributed by atoms with Crippen molar-refractivity contribution in [3.05, 3.63) is 57.3 Å². The number of hydrogen-bond acceptors (Lipinski definition) is 4. The molecule has 0 aliphatic rings. The van der Waals surface area contributed by atoms with Crippen molar-refractivity contribution in [3.63, 3.8) is 0 Å². The molecule has 31 heavy (non-hydrogen) atoms. The van der Waals surface area contributed by atoms with Gasteiger partial charge >= 0.3 is 6.36 Å². The van der Waals surface area contributed by atoms with Gasteiger partial charge in [-0.15, -0.1) is 13.2 Å². The van der Waals surface area contributed by atoms with Crippen LogP contribution in [-0.2, 0) is 0 Å². The summed E-state index contributed by atoms with van der Waals surface area (Å²) >= 11 is 15.0. The molecule has 0 heterocycles. The highest BCUT2D eigenvalue weighted by Crippen LogP contribution is 2.37. The molecule has 0 radical (unpaired) electrons. The van der Waals surface area contributed by atoms with Crippen LogP contribution in [0.1, 0.15) is 12.8 Å². The van der Waals surface area contributed by atoms with E-state index in [1.165, 1.54) is 42.5 Å². The molecule has 2 aromatic carbocycles. The monoisotopic (exact) mass is 546 g/mol. The normalized spacial score (nSPS) is 11.9. The summed E-state index contributed by atoms with van der Waals surface area (Å²) in [5.41, 5.74) is 0. The number of alkyl halides is 3. The first kappa shape index (κ1) is 25.4. The molecule has 2 aromatic rings. The van der Waals surface area contributed by atoms with Crippen LogP contribution in [0.5, 0.6) is 23.0 Å². The zero-order valence-electron chi connectivity index (χ0n) is 15.9. The summed E-state index contributed by atoms with van der Waals surface area (Å²) in [4.78, 5) is 0. The van der Waals surface area contributed by atoms with Gasteiger partial charge in [0.05, 0.1) is 23.3 Å². The zero-order valence-corrected chi connectivity index (χ0v) is 19.0. The molecule has 0 aliphatic carbocycles. The molecule has 0 aromatic heterocycles. The maximum atomic E-state index is 12.6. The van der Waals surface area contributed by atoms with E-state index in [0.717, 1.165) is 0 Å². The number of unbranched alkanes of at least 4 members (excludes halogenated alkanes) is 1. The predicted molar refractivity (Wildman–Crippen MR) is 113 cm³/mol. The van der Waals surface area contributed by atoms with Crippen molar-refractivity contribution in [2.24, 2.45) is 0 Å². The summed E-state index contributed by atoms with van der Waals surface area (Å²) < 4.78 is 68.6. The van der Waals surface area contributed by atoms with E-state index >= 15 is 0 Å². The van der Waals surface area contributed by atoms with Crippen LogP contribution in [0.25, 0.3) is 0 Å². The fourth-order valence-corrected chi connectivity index (χ4v) is 2.97. The van der Waals surface area contributed by atoms with E-state index in [9.17, 15) is 17.6 Å². The summed E-state index contributed by atoms with van der Waals surface area (Å²) in [5, 5.41) is 0.506. The third-order valence-electron chi connectivity index (χ3n) is 3.57. The van der Waals surface area contributed by atoms with Crippen LogP contribution in [0.2, 0.25) is 10.0 Å². The fraction of sp³-hybridized carbons (Fsp3) is 0.300. The lowest BCUT2D eigenvalue weighted by atomic mass is 10.3. The summed E-state index contributed by atoms with van der Waals surface area (Å²) in [6.07, 6.45) is -2.29. The number of benzene rings is 2. The minimum Gasteiger partial charge on any atom is -0.494 e. The second-order valence-electron chi connectivity index (χ2n) is 5.94. The van der Waals surface area contributed by atoms with Gasteiger partial charge < -0.3 is 18.9 Å². The van der Waals surface area contributed by atoms with E-state index in [1.807, 2.05) is 0 Å². The van der Waals surface area contributed by atoms with Crippen LogP contribution in [-0.4, -0.2) is 26.2 Å². The summed E-state index contributed by atoms with van der Waals surface area (Å²) in [5.74, 6) is 0.781. The highest BCUT2D eigenvalue weighted by molar-refractivity contribution is 9.11. The largest absolute Gasteiger partial charge is 0.573 e. The second-order valence-corrected chi connectivity index (χ2v) is 7.52. The van der Waals surface area contributed by atoms with Crippen molar-refractivity contribution in [1.82, 2.24) is 0 Å². The van der Waals surface area contributed by atoms with Gasteiger partial charge in [-0.2, -0.15) is 4.39 Å². The van der Waals surface area contributed by atoms with Crippen LogP contribution in [0.15, 0.2) is 47.2 Å². The number of rotatable bonds is 11. The lowest BCUT2D eigenvalue weighted by molar-refractivity contribution is -0.274. The molecule has 0 aliphatic heterocycles. The lowest BCUT2D eigenvalue weighted by Gasteiger charge is -2.12. The van der Waals surface area contributed by atoms with E-state index in [-0.39, 0.29) is 22.4 Å². The molecule has 0 N–H and O–H groups in total. The Bertz CT molecular complexity index is 849. The van der Waals surface area contributed by atoms with Crippen LogP contribution in [0.3, 0.4) is 0 Å².